The quantitative estimate of drug-likeness (QED) is 0.622. The molecule has 0 fully saturated rings. The third kappa shape index (κ3) is 2.66. The van der Waals surface area contributed by atoms with Crippen LogP contribution in [0.4, 0.5) is 0 Å². The standard InChI is InChI=1S/C18H16OS/c1-2-16-9-10-17(20-16)12-18(19)15-8-7-13-5-3-4-6-14(13)11-15/h3-11H,2,12H2,1H3. The predicted molar refractivity (Wildman–Crippen MR) is 85.7 cm³/mol. The van der Waals surface area contributed by atoms with E-state index in [9.17, 15) is 4.79 Å². The minimum absolute atomic E-state index is 0.195. The highest BCUT2D eigenvalue weighted by molar-refractivity contribution is 7.12. The number of aryl methyl sites for hydroxylation is 1. The van der Waals surface area contributed by atoms with Crippen molar-refractivity contribution in [1.82, 2.24) is 0 Å². The number of carbonyl (C=O) groups is 1. The Labute approximate surface area is 122 Å². The van der Waals surface area contributed by atoms with Gasteiger partial charge in [-0.15, -0.1) is 11.3 Å². The van der Waals surface area contributed by atoms with Crippen molar-refractivity contribution in [2.75, 3.05) is 0 Å². The molecule has 2 aromatic carbocycles. The zero-order valence-electron chi connectivity index (χ0n) is 11.4. The second-order valence-corrected chi connectivity index (χ2v) is 6.14. The van der Waals surface area contributed by atoms with Gasteiger partial charge in [0.2, 0.25) is 0 Å². The van der Waals surface area contributed by atoms with Gasteiger partial charge in [0.1, 0.15) is 0 Å². The van der Waals surface area contributed by atoms with Crippen molar-refractivity contribution < 1.29 is 4.79 Å². The van der Waals surface area contributed by atoms with Crippen molar-refractivity contribution >= 4 is 27.9 Å². The lowest BCUT2D eigenvalue weighted by atomic mass is 10.0. The molecule has 0 N–H and O–H groups in total. The van der Waals surface area contributed by atoms with Gasteiger partial charge in [-0.05, 0) is 35.4 Å². The highest BCUT2D eigenvalue weighted by Gasteiger charge is 2.09. The maximum atomic E-state index is 12.4. The summed E-state index contributed by atoms with van der Waals surface area (Å²) in [4.78, 5) is 14.9. The van der Waals surface area contributed by atoms with E-state index < -0.39 is 0 Å². The number of fused-ring (bicyclic) bond motifs is 1. The number of ketones is 1. The summed E-state index contributed by atoms with van der Waals surface area (Å²) < 4.78 is 0. The topological polar surface area (TPSA) is 17.1 Å². The predicted octanol–water partition coefficient (Wildman–Crippen LogP) is 4.89. The van der Waals surface area contributed by atoms with Crippen LogP contribution in [0.25, 0.3) is 10.8 Å². The summed E-state index contributed by atoms with van der Waals surface area (Å²) in [6, 6.07) is 18.3. The molecule has 0 aliphatic carbocycles. The van der Waals surface area contributed by atoms with Crippen LogP contribution in [-0.2, 0) is 12.8 Å². The van der Waals surface area contributed by atoms with Gasteiger partial charge in [0, 0.05) is 21.7 Å². The van der Waals surface area contributed by atoms with E-state index in [-0.39, 0.29) is 5.78 Å². The normalized spacial score (nSPS) is 10.8. The second-order valence-electron chi connectivity index (χ2n) is 4.88. The summed E-state index contributed by atoms with van der Waals surface area (Å²) >= 11 is 1.74. The minimum Gasteiger partial charge on any atom is -0.294 e. The number of carbonyl (C=O) groups excluding carboxylic acids is 1. The summed E-state index contributed by atoms with van der Waals surface area (Å²) in [6.45, 7) is 2.14. The summed E-state index contributed by atoms with van der Waals surface area (Å²) in [5, 5.41) is 2.30. The highest BCUT2D eigenvalue weighted by atomic mass is 32.1. The molecule has 0 saturated carbocycles. The molecule has 0 radical (unpaired) electrons. The van der Waals surface area contributed by atoms with Crippen LogP contribution in [0.3, 0.4) is 0 Å². The molecule has 0 spiro atoms. The molecule has 0 aliphatic heterocycles. The molecule has 1 heterocycles. The molecular weight excluding hydrogens is 264 g/mol. The van der Waals surface area contributed by atoms with Crippen molar-refractivity contribution in [2.24, 2.45) is 0 Å². The summed E-state index contributed by atoms with van der Waals surface area (Å²) in [5.41, 5.74) is 0.801. The zero-order valence-corrected chi connectivity index (χ0v) is 12.2. The average Bonchev–Trinajstić information content (AvgIpc) is 2.94. The van der Waals surface area contributed by atoms with E-state index in [0.717, 1.165) is 22.2 Å². The lowest BCUT2D eigenvalue weighted by Crippen LogP contribution is -2.01. The zero-order chi connectivity index (χ0) is 13.9. The van der Waals surface area contributed by atoms with Crippen molar-refractivity contribution in [3.63, 3.8) is 0 Å². The number of benzene rings is 2. The number of Topliss-reactive ketones (excluding diaryl/α,β-unsaturated/α-hetero) is 1. The van der Waals surface area contributed by atoms with Crippen LogP contribution in [-0.4, -0.2) is 5.78 Å². The van der Waals surface area contributed by atoms with Crippen LogP contribution < -0.4 is 0 Å². The van der Waals surface area contributed by atoms with Gasteiger partial charge in [-0.2, -0.15) is 0 Å². The van der Waals surface area contributed by atoms with Gasteiger partial charge in [0.15, 0.2) is 5.78 Å². The average molecular weight is 280 g/mol. The highest BCUT2D eigenvalue weighted by Crippen LogP contribution is 2.21. The molecule has 2 heteroatoms. The van der Waals surface area contributed by atoms with E-state index in [1.165, 1.54) is 10.3 Å². The first-order valence-corrected chi connectivity index (χ1v) is 7.67. The Balaban J connectivity index is 1.84. The van der Waals surface area contributed by atoms with E-state index in [0.29, 0.717) is 6.42 Å². The number of rotatable bonds is 4. The van der Waals surface area contributed by atoms with Crippen LogP contribution in [0.15, 0.2) is 54.6 Å². The fourth-order valence-electron chi connectivity index (χ4n) is 2.33. The first kappa shape index (κ1) is 13.1. The fraction of sp³-hybridized carbons (Fsp3) is 0.167. The van der Waals surface area contributed by atoms with Crippen molar-refractivity contribution in [1.29, 1.82) is 0 Å². The lowest BCUT2D eigenvalue weighted by molar-refractivity contribution is 0.0994. The van der Waals surface area contributed by atoms with Gasteiger partial charge in [-0.3, -0.25) is 4.79 Å². The molecule has 100 valence electrons. The molecule has 20 heavy (non-hydrogen) atoms. The Hall–Kier alpha value is -1.93. The van der Waals surface area contributed by atoms with Crippen LogP contribution in [0, 0.1) is 0 Å². The van der Waals surface area contributed by atoms with Gasteiger partial charge >= 0.3 is 0 Å². The molecule has 0 amide bonds. The summed E-state index contributed by atoms with van der Waals surface area (Å²) in [5.74, 6) is 0.195. The van der Waals surface area contributed by atoms with Crippen LogP contribution >= 0.6 is 11.3 Å². The van der Waals surface area contributed by atoms with Gasteiger partial charge < -0.3 is 0 Å². The van der Waals surface area contributed by atoms with Gasteiger partial charge in [-0.1, -0.05) is 43.3 Å². The molecule has 0 bridgehead atoms. The summed E-state index contributed by atoms with van der Waals surface area (Å²) in [6.07, 6.45) is 1.54. The Kier molecular flexibility index (Phi) is 3.66. The van der Waals surface area contributed by atoms with Crippen LogP contribution in [0.5, 0.6) is 0 Å². The monoisotopic (exact) mass is 280 g/mol. The van der Waals surface area contributed by atoms with Crippen molar-refractivity contribution in [2.45, 2.75) is 19.8 Å². The molecular formula is C18H16OS. The maximum Gasteiger partial charge on any atom is 0.168 e. The Bertz CT molecular complexity index is 755. The summed E-state index contributed by atoms with van der Waals surface area (Å²) in [7, 11) is 0. The van der Waals surface area contributed by atoms with E-state index in [4.69, 9.17) is 0 Å². The van der Waals surface area contributed by atoms with E-state index in [2.05, 4.69) is 25.1 Å². The lowest BCUT2D eigenvalue weighted by Gasteiger charge is -2.02. The maximum absolute atomic E-state index is 12.4. The van der Waals surface area contributed by atoms with E-state index in [1.807, 2.05) is 36.4 Å². The SMILES string of the molecule is CCc1ccc(CC(=O)c2ccc3ccccc3c2)s1. The van der Waals surface area contributed by atoms with Crippen molar-refractivity contribution in [3.05, 3.63) is 69.9 Å². The molecule has 0 unspecified atom stereocenters. The first-order valence-electron chi connectivity index (χ1n) is 6.86. The molecule has 1 aromatic heterocycles. The third-order valence-electron chi connectivity index (χ3n) is 3.47. The minimum atomic E-state index is 0.195. The van der Waals surface area contributed by atoms with Crippen LogP contribution in [0.1, 0.15) is 27.0 Å². The molecule has 3 aromatic rings. The molecule has 0 aliphatic rings. The van der Waals surface area contributed by atoms with E-state index in [1.54, 1.807) is 11.3 Å². The molecule has 0 saturated heterocycles. The Morgan fingerprint density at radius 2 is 1.70 bits per heavy atom. The van der Waals surface area contributed by atoms with Gasteiger partial charge in [0.25, 0.3) is 0 Å². The van der Waals surface area contributed by atoms with Crippen LogP contribution in [0.2, 0.25) is 0 Å². The molecule has 1 nitrogen and oxygen atoms in total. The van der Waals surface area contributed by atoms with E-state index >= 15 is 0 Å². The van der Waals surface area contributed by atoms with Gasteiger partial charge in [-0.25, -0.2) is 0 Å². The Morgan fingerprint density at radius 3 is 2.45 bits per heavy atom. The van der Waals surface area contributed by atoms with Gasteiger partial charge in [0.05, 0.1) is 0 Å². The first-order chi connectivity index (χ1) is 9.76. The number of thiophene rings is 1. The fourth-order valence-corrected chi connectivity index (χ4v) is 3.29. The molecule has 0 atom stereocenters. The third-order valence-corrected chi connectivity index (χ3v) is 4.70. The number of hydrogen-bond acceptors (Lipinski definition) is 2. The Morgan fingerprint density at radius 1 is 0.950 bits per heavy atom. The smallest absolute Gasteiger partial charge is 0.168 e. The number of hydrogen-bond donors (Lipinski definition) is 0. The molecule has 3 rings (SSSR count). The largest absolute Gasteiger partial charge is 0.294 e. The van der Waals surface area contributed by atoms with Crippen molar-refractivity contribution in [3.8, 4) is 0 Å². The second kappa shape index (κ2) is 5.59.